The maximum absolute atomic E-state index is 13.9. The van der Waals surface area contributed by atoms with Crippen molar-refractivity contribution in [1.29, 1.82) is 0 Å². The second kappa shape index (κ2) is 12.9. The van der Waals surface area contributed by atoms with E-state index in [9.17, 15) is 49.5 Å². The van der Waals surface area contributed by atoms with E-state index in [1.807, 2.05) is 0 Å². The van der Waals surface area contributed by atoms with Crippen LogP contribution in [0.25, 0.3) is 0 Å². The minimum Gasteiger partial charge on any atom is -0.372 e. The molecule has 4 aromatic carbocycles. The van der Waals surface area contributed by atoms with Gasteiger partial charge in [0.2, 0.25) is 10.0 Å². The highest BCUT2D eigenvalue weighted by Gasteiger charge is 2.44. The summed E-state index contributed by atoms with van der Waals surface area (Å²) in [6.07, 6.45) is -9.91. The Balaban J connectivity index is 1.76. The highest BCUT2D eigenvalue weighted by Crippen LogP contribution is 2.38. The summed E-state index contributed by atoms with van der Waals surface area (Å²) in [5.41, 5.74) is -4.63. The summed E-state index contributed by atoms with van der Waals surface area (Å²) in [5.74, 6) is -2.74. The molecule has 15 heteroatoms. The van der Waals surface area contributed by atoms with Crippen LogP contribution in [0.15, 0.2) is 108 Å². The van der Waals surface area contributed by atoms with Crippen molar-refractivity contribution in [2.24, 2.45) is 0 Å². The predicted octanol–water partition coefficient (Wildman–Crippen LogP) is 5.31. The number of aliphatic hydroxyl groups is 1. The molecule has 0 atom stereocenters. The van der Waals surface area contributed by atoms with Gasteiger partial charge in [-0.15, -0.1) is 0 Å². The van der Waals surface area contributed by atoms with Crippen LogP contribution in [0, 0.1) is 6.92 Å². The summed E-state index contributed by atoms with van der Waals surface area (Å²) in [4.78, 5) is 27.1. The van der Waals surface area contributed by atoms with Crippen LogP contribution < -0.4 is 15.2 Å². The molecular formula is C31H25F6N3O5S. The van der Waals surface area contributed by atoms with Gasteiger partial charge in [0.05, 0.1) is 28.3 Å². The zero-order valence-corrected chi connectivity index (χ0v) is 24.5. The molecule has 0 fully saturated rings. The van der Waals surface area contributed by atoms with Crippen molar-refractivity contribution in [3.8, 4) is 0 Å². The van der Waals surface area contributed by atoms with E-state index in [1.165, 1.54) is 54.6 Å². The number of halogens is 6. The Morgan fingerprint density at radius 1 is 0.717 bits per heavy atom. The molecule has 8 nitrogen and oxygen atoms in total. The van der Waals surface area contributed by atoms with Gasteiger partial charge in [0.1, 0.15) is 0 Å². The monoisotopic (exact) mass is 665 g/mol. The number of nitrogens with one attached hydrogen (secondary N) is 2. The molecule has 0 spiro atoms. The highest BCUT2D eigenvalue weighted by atomic mass is 32.2. The topological polar surface area (TPSA) is 116 Å². The van der Waals surface area contributed by atoms with Crippen molar-refractivity contribution in [1.82, 2.24) is 10.1 Å². The lowest BCUT2D eigenvalue weighted by atomic mass is 9.84. The molecular weight excluding hydrogens is 640 g/mol. The number of sulfonamides is 1. The SMILES string of the molecule is Cc1ccc(S(=O)(=O)NCC(=O)N(NC(=O)C(O)(c2cccc(C(F)(F)F)c2)c2cccc(C(F)(F)F)c2)c2ccccc2)cc1. The third kappa shape index (κ3) is 7.55. The number of para-hydroxylation sites is 1. The lowest BCUT2D eigenvalue weighted by Crippen LogP contribution is -2.56. The molecule has 0 saturated carbocycles. The van der Waals surface area contributed by atoms with Gasteiger partial charge in [0.15, 0.2) is 5.60 Å². The number of hydrogen-bond donors (Lipinski definition) is 3. The van der Waals surface area contributed by atoms with Crippen LogP contribution in [0.1, 0.15) is 27.8 Å². The lowest BCUT2D eigenvalue weighted by molar-refractivity contribution is -0.141. The Morgan fingerprint density at radius 3 is 1.67 bits per heavy atom. The van der Waals surface area contributed by atoms with Crippen LogP contribution in [-0.4, -0.2) is 31.9 Å². The number of amides is 2. The van der Waals surface area contributed by atoms with E-state index in [0.717, 1.165) is 29.8 Å². The number of rotatable bonds is 8. The van der Waals surface area contributed by atoms with Crippen molar-refractivity contribution in [3.63, 3.8) is 0 Å². The summed E-state index contributed by atoms with van der Waals surface area (Å²) >= 11 is 0. The molecule has 4 aromatic rings. The maximum Gasteiger partial charge on any atom is 0.416 e. The number of nitrogens with zero attached hydrogens (tertiary/aromatic N) is 1. The van der Waals surface area contributed by atoms with E-state index < -0.39 is 68.6 Å². The first-order valence-electron chi connectivity index (χ1n) is 13.3. The van der Waals surface area contributed by atoms with Crippen LogP contribution in [0.5, 0.6) is 0 Å². The Morgan fingerprint density at radius 2 is 1.20 bits per heavy atom. The Bertz CT molecular complexity index is 1770. The quantitative estimate of drug-likeness (QED) is 0.174. The van der Waals surface area contributed by atoms with Crippen LogP contribution in [0.4, 0.5) is 32.0 Å². The fraction of sp³-hybridized carbons (Fsp3) is 0.161. The normalized spacial score (nSPS) is 12.4. The van der Waals surface area contributed by atoms with E-state index >= 15 is 0 Å². The standard InChI is InChI=1S/C31H25F6N3O5S/c1-20-13-15-26(16-14-20)46(44,45)38-19-27(41)40(25-11-3-2-4-12-25)39-28(42)29(43,21-7-5-9-23(17-21)30(32,33)34)22-8-6-10-24(18-22)31(35,36)37/h2-18,38,43H,19H2,1H3,(H,39,42). The second-order valence-electron chi connectivity index (χ2n) is 10.0. The zero-order chi connectivity index (χ0) is 33.9. The maximum atomic E-state index is 13.9. The number of hydrazine groups is 1. The lowest BCUT2D eigenvalue weighted by Gasteiger charge is -2.32. The van der Waals surface area contributed by atoms with Crippen molar-refractivity contribution in [2.45, 2.75) is 29.8 Å². The molecule has 0 radical (unpaired) electrons. The number of benzene rings is 4. The number of hydrogen-bond acceptors (Lipinski definition) is 5. The Kier molecular flexibility index (Phi) is 9.61. The largest absolute Gasteiger partial charge is 0.416 e. The summed E-state index contributed by atoms with van der Waals surface area (Å²) in [7, 11) is -4.24. The van der Waals surface area contributed by atoms with Crippen molar-refractivity contribution < 1.29 is 49.5 Å². The molecule has 0 aliphatic heterocycles. The molecule has 0 aliphatic carbocycles. The van der Waals surface area contributed by atoms with Gasteiger partial charge in [0.25, 0.3) is 11.8 Å². The van der Waals surface area contributed by atoms with Crippen LogP contribution >= 0.6 is 0 Å². The van der Waals surface area contributed by atoms with Gasteiger partial charge in [-0.2, -0.15) is 26.3 Å². The predicted molar refractivity (Wildman–Crippen MR) is 154 cm³/mol. The molecule has 0 aliphatic rings. The molecule has 0 unspecified atom stereocenters. The van der Waals surface area contributed by atoms with Crippen molar-refractivity contribution in [2.75, 3.05) is 11.6 Å². The fourth-order valence-corrected chi connectivity index (χ4v) is 5.31. The molecule has 0 saturated heterocycles. The first-order valence-corrected chi connectivity index (χ1v) is 14.7. The van der Waals surface area contributed by atoms with E-state index in [2.05, 4.69) is 10.1 Å². The van der Waals surface area contributed by atoms with Gasteiger partial charge in [-0.05, 0) is 66.6 Å². The molecule has 46 heavy (non-hydrogen) atoms. The van der Waals surface area contributed by atoms with Gasteiger partial charge in [-0.25, -0.2) is 18.1 Å². The minimum atomic E-state index is -4.96. The number of carbonyl (C=O) groups excluding carboxylic acids is 2. The van der Waals surface area contributed by atoms with Crippen molar-refractivity contribution >= 4 is 27.5 Å². The summed E-state index contributed by atoms with van der Waals surface area (Å²) in [5, 5.41) is 12.3. The first-order chi connectivity index (χ1) is 21.4. The average molecular weight is 666 g/mol. The smallest absolute Gasteiger partial charge is 0.372 e. The van der Waals surface area contributed by atoms with Gasteiger partial charge in [0, 0.05) is 0 Å². The first kappa shape index (κ1) is 34.1. The van der Waals surface area contributed by atoms with E-state index in [-0.39, 0.29) is 10.6 Å². The molecule has 242 valence electrons. The molecule has 0 heterocycles. The number of aryl methyl sites for hydroxylation is 1. The van der Waals surface area contributed by atoms with E-state index in [4.69, 9.17) is 0 Å². The summed E-state index contributed by atoms with van der Waals surface area (Å²) < 4.78 is 109. The van der Waals surface area contributed by atoms with Gasteiger partial charge in [-0.1, -0.05) is 60.2 Å². The molecule has 2 amide bonds. The molecule has 4 rings (SSSR count). The third-order valence-electron chi connectivity index (χ3n) is 6.77. The summed E-state index contributed by atoms with van der Waals surface area (Å²) in [6, 6.07) is 18.2. The third-order valence-corrected chi connectivity index (χ3v) is 8.18. The number of alkyl halides is 6. The number of carbonyl (C=O) groups is 2. The van der Waals surface area contributed by atoms with Gasteiger partial charge < -0.3 is 5.11 Å². The van der Waals surface area contributed by atoms with Gasteiger partial charge >= 0.3 is 12.4 Å². The average Bonchev–Trinajstić information content (AvgIpc) is 3.02. The Labute approximate surface area is 259 Å². The molecule has 0 aromatic heterocycles. The van der Waals surface area contributed by atoms with Crippen LogP contribution in [0.3, 0.4) is 0 Å². The molecule has 0 bridgehead atoms. The second-order valence-corrected chi connectivity index (χ2v) is 11.8. The van der Waals surface area contributed by atoms with E-state index in [1.54, 1.807) is 6.92 Å². The highest BCUT2D eigenvalue weighted by molar-refractivity contribution is 7.89. The zero-order valence-electron chi connectivity index (χ0n) is 23.7. The minimum absolute atomic E-state index is 0.0779. The fourth-order valence-electron chi connectivity index (χ4n) is 4.34. The van der Waals surface area contributed by atoms with Crippen LogP contribution in [0.2, 0.25) is 0 Å². The van der Waals surface area contributed by atoms with Crippen LogP contribution in [-0.2, 0) is 37.6 Å². The molecule has 3 N–H and O–H groups in total. The summed E-state index contributed by atoms with van der Waals surface area (Å²) in [6.45, 7) is 0.782. The number of anilines is 1. The van der Waals surface area contributed by atoms with E-state index in [0.29, 0.717) is 29.3 Å². The van der Waals surface area contributed by atoms with Crippen molar-refractivity contribution in [3.05, 3.63) is 131 Å². The Hall–Kier alpha value is -4.73. The van der Waals surface area contributed by atoms with Gasteiger partial charge in [-0.3, -0.25) is 15.0 Å².